The Hall–Kier alpha value is -0.700. The molecule has 3 heteroatoms. The second kappa shape index (κ2) is 6.79. The second-order valence-electron chi connectivity index (χ2n) is 4.29. The molecule has 0 saturated carbocycles. The van der Waals surface area contributed by atoms with E-state index in [1.807, 2.05) is 32.3 Å². The van der Waals surface area contributed by atoms with Crippen LogP contribution in [0.15, 0.2) is 21.9 Å². The third-order valence-electron chi connectivity index (χ3n) is 1.71. The molecular weight excluding hydrogens is 264 g/mol. The third-order valence-corrected chi connectivity index (χ3v) is 2.14. The van der Waals surface area contributed by atoms with E-state index in [0.29, 0.717) is 0 Å². The number of aryl methyl sites for hydroxylation is 1. The molecule has 2 nitrogen and oxygen atoms in total. The predicted octanol–water partition coefficient (Wildman–Crippen LogP) is 4.40. The Morgan fingerprint density at radius 2 is 1.88 bits per heavy atom. The zero-order valence-corrected chi connectivity index (χ0v) is 12.6. The fraction of sp³-hybridized carbons (Fsp3) is 0.538. The van der Waals surface area contributed by atoms with Crippen molar-refractivity contribution in [3.05, 3.63) is 28.0 Å². The van der Waals surface area contributed by atoms with Crippen molar-refractivity contribution in [3.8, 4) is 0 Å². The Morgan fingerprint density at radius 3 is 2.31 bits per heavy atom. The van der Waals surface area contributed by atoms with Crippen LogP contribution in [0, 0.1) is 6.92 Å². The molecule has 16 heavy (non-hydrogen) atoms. The Kier molecular flexibility index (Phi) is 6.49. The Balaban J connectivity index is 0.00000106. The molecule has 0 bridgehead atoms. The molecule has 1 heterocycles. The lowest BCUT2D eigenvalue weighted by Crippen LogP contribution is -2.09. The summed E-state index contributed by atoms with van der Waals surface area (Å²) in [5, 5.41) is 0. The van der Waals surface area contributed by atoms with Crippen LogP contribution < -0.4 is 0 Å². The summed E-state index contributed by atoms with van der Waals surface area (Å²) in [5.74, 6) is 0. The first-order valence-electron chi connectivity index (χ1n) is 5.56. The van der Waals surface area contributed by atoms with Gasteiger partial charge in [0.25, 0.3) is 0 Å². The van der Waals surface area contributed by atoms with Crippen LogP contribution in [0.5, 0.6) is 0 Å². The summed E-state index contributed by atoms with van der Waals surface area (Å²) >= 11 is 3.33. The maximum Gasteiger partial charge on any atom is 0.106 e. The molecule has 0 spiro atoms. The van der Waals surface area contributed by atoms with Crippen molar-refractivity contribution in [1.82, 2.24) is 4.98 Å². The molecule has 0 saturated heterocycles. The summed E-state index contributed by atoms with van der Waals surface area (Å²) in [6.07, 6.45) is 3.71. The normalized spacial score (nSPS) is 11.2. The van der Waals surface area contributed by atoms with Crippen molar-refractivity contribution in [1.29, 1.82) is 0 Å². The Bertz CT molecular complexity index is 351. The van der Waals surface area contributed by atoms with Crippen LogP contribution >= 0.6 is 15.9 Å². The number of hydrogen-bond acceptors (Lipinski definition) is 2. The lowest BCUT2D eigenvalue weighted by Gasteiger charge is -2.11. The van der Waals surface area contributed by atoms with Crippen LogP contribution in [0.1, 0.15) is 45.7 Å². The van der Waals surface area contributed by atoms with E-state index in [4.69, 9.17) is 0 Å². The van der Waals surface area contributed by atoms with Gasteiger partial charge in [0.05, 0.1) is 5.54 Å². The summed E-state index contributed by atoms with van der Waals surface area (Å²) in [4.78, 5) is 8.60. The zero-order valence-electron chi connectivity index (χ0n) is 11.0. The molecule has 0 fully saturated rings. The van der Waals surface area contributed by atoms with E-state index >= 15 is 0 Å². The molecule has 0 aliphatic carbocycles. The maximum absolute atomic E-state index is 4.44. The quantitative estimate of drug-likeness (QED) is 0.554. The number of aliphatic imine (C=N–C) groups is 1. The van der Waals surface area contributed by atoms with E-state index in [2.05, 4.69) is 53.6 Å². The maximum atomic E-state index is 4.44. The van der Waals surface area contributed by atoms with Gasteiger partial charge in [-0.3, -0.25) is 4.99 Å². The van der Waals surface area contributed by atoms with Crippen LogP contribution in [-0.4, -0.2) is 16.7 Å². The largest absolute Gasteiger partial charge is 0.287 e. The fourth-order valence-electron chi connectivity index (χ4n) is 0.931. The van der Waals surface area contributed by atoms with Crippen molar-refractivity contribution in [3.63, 3.8) is 0 Å². The van der Waals surface area contributed by atoms with Crippen LogP contribution in [0.25, 0.3) is 0 Å². The van der Waals surface area contributed by atoms with Crippen molar-refractivity contribution in [2.45, 2.75) is 47.1 Å². The van der Waals surface area contributed by atoms with E-state index in [0.717, 1.165) is 10.2 Å². The minimum absolute atomic E-state index is 0.0283. The average Bonchev–Trinajstić information content (AvgIpc) is 2.18. The molecular formula is C13H21BrN2. The average molecular weight is 285 g/mol. The second-order valence-corrected chi connectivity index (χ2v) is 5.11. The standard InChI is InChI=1S/C11H15BrN2.C2H6/c1-8-5-10(12)13-6-9(8)7-14-11(2,3)4;1-2/h5-7H,1-4H3;1-2H3. The monoisotopic (exact) mass is 284 g/mol. The van der Waals surface area contributed by atoms with Crippen LogP contribution in [0.2, 0.25) is 0 Å². The van der Waals surface area contributed by atoms with Gasteiger partial charge in [-0.2, -0.15) is 0 Å². The molecule has 0 atom stereocenters. The number of halogens is 1. The first kappa shape index (κ1) is 15.3. The van der Waals surface area contributed by atoms with Crippen molar-refractivity contribution in [2.24, 2.45) is 4.99 Å². The van der Waals surface area contributed by atoms with Crippen molar-refractivity contribution in [2.75, 3.05) is 0 Å². The molecule has 0 aliphatic heterocycles. The molecule has 90 valence electrons. The SMILES string of the molecule is CC.Cc1cc(Br)ncc1C=NC(C)(C)C. The summed E-state index contributed by atoms with van der Waals surface area (Å²) in [6, 6.07) is 1.99. The summed E-state index contributed by atoms with van der Waals surface area (Å²) in [6.45, 7) is 12.3. The fourth-order valence-corrected chi connectivity index (χ4v) is 1.38. The molecule has 0 radical (unpaired) electrons. The first-order chi connectivity index (χ1) is 7.38. The molecule has 0 aromatic carbocycles. The summed E-state index contributed by atoms with van der Waals surface area (Å²) in [7, 11) is 0. The van der Waals surface area contributed by atoms with Gasteiger partial charge in [-0.25, -0.2) is 4.98 Å². The number of aromatic nitrogens is 1. The van der Waals surface area contributed by atoms with Crippen molar-refractivity contribution < 1.29 is 0 Å². The zero-order chi connectivity index (χ0) is 12.8. The lowest BCUT2D eigenvalue weighted by molar-refractivity contribution is 0.586. The van der Waals surface area contributed by atoms with Gasteiger partial charge < -0.3 is 0 Å². The number of pyridine rings is 1. The van der Waals surface area contributed by atoms with Gasteiger partial charge in [0.15, 0.2) is 0 Å². The van der Waals surface area contributed by atoms with Gasteiger partial charge in [0.2, 0.25) is 0 Å². The van der Waals surface area contributed by atoms with Crippen molar-refractivity contribution >= 4 is 22.1 Å². The van der Waals surface area contributed by atoms with Gasteiger partial charge in [0, 0.05) is 18.0 Å². The topological polar surface area (TPSA) is 25.2 Å². The molecule has 1 aromatic heterocycles. The molecule has 0 amide bonds. The summed E-state index contributed by atoms with van der Waals surface area (Å²) in [5.41, 5.74) is 2.22. The minimum Gasteiger partial charge on any atom is -0.287 e. The molecule has 1 aromatic rings. The van der Waals surface area contributed by atoms with Crippen LogP contribution in [0.4, 0.5) is 0 Å². The van der Waals surface area contributed by atoms with Gasteiger partial charge in [0.1, 0.15) is 4.60 Å². The van der Waals surface area contributed by atoms with Gasteiger partial charge >= 0.3 is 0 Å². The van der Waals surface area contributed by atoms with E-state index in [9.17, 15) is 0 Å². The molecule has 0 N–H and O–H groups in total. The smallest absolute Gasteiger partial charge is 0.106 e. The number of rotatable bonds is 1. The summed E-state index contributed by atoms with van der Waals surface area (Å²) < 4.78 is 0.864. The highest BCUT2D eigenvalue weighted by Crippen LogP contribution is 2.12. The van der Waals surface area contributed by atoms with Crippen LogP contribution in [-0.2, 0) is 0 Å². The number of hydrogen-bond donors (Lipinski definition) is 0. The highest BCUT2D eigenvalue weighted by Gasteiger charge is 2.05. The van der Waals surface area contributed by atoms with E-state index in [1.165, 1.54) is 5.56 Å². The Labute approximate surface area is 107 Å². The first-order valence-corrected chi connectivity index (χ1v) is 6.35. The minimum atomic E-state index is -0.0283. The van der Waals surface area contributed by atoms with E-state index in [-0.39, 0.29) is 5.54 Å². The van der Waals surface area contributed by atoms with E-state index in [1.54, 1.807) is 0 Å². The molecule has 1 rings (SSSR count). The third kappa shape index (κ3) is 6.01. The predicted molar refractivity (Wildman–Crippen MR) is 75.4 cm³/mol. The van der Waals surface area contributed by atoms with E-state index < -0.39 is 0 Å². The van der Waals surface area contributed by atoms with Gasteiger partial charge in [-0.05, 0) is 55.3 Å². The highest BCUT2D eigenvalue weighted by atomic mass is 79.9. The molecule has 0 unspecified atom stereocenters. The van der Waals surface area contributed by atoms with Gasteiger partial charge in [-0.15, -0.1) is 0 Å². The Morgan fingerprint density at radius 1 is 1.31 bits per heavy atom. The number of nitrogens with zero attached hydrogens (tertiary/aromatic N) is 2. The lowest BCUT2D eigenvalue weighted by atomic mass is 10.1. The highest BCUT2D eigenvalue weighted by molar-refractivity contribution is 9.10. The molecule has 0 aliphatic rings. The van der Waals surface area contributed by atoms with Crippen LogP contribution in [0.3, 0.4) is 0 Å². The van der Waals surface area contributed by atoms with Gasteiger partial charge in [-0.1, -0.05) is 13.8 Å².